The topological polar surface area (TPSA) is 54.5 Å². The average molecular weight is 291 g/mol. The maximum Gasteiger partial charge on any atom is 0.229 e. The molecule has 4 nitrogen and oxygen atoms in total. The Morgan fingerprint density at radius 3 is 2.19 bits per heavy atom. The third-order valence-electron chi connectivity index (χ3n) is 3.59. The number of hydrogen-bond donors (Lipinski definition) is 0. The number of piperidine rings is 1. The molecule has 0 bridgehead atoms. The lowest BCUT2D eigenvalue weighted by Crippen LogP contribution is -2.46. The third-order valence-corrected chi connectivity index (χ3v) is 3.59. The minimum absolute atomic E-state index is 0.0591. The van der Waals surface area contributed by atoms with Gasteiger partial charge in [-0.25, -0.2) is 4.39 Å². The highest BCUT2D eigenvalue weighted by Gasteiger charge is 2.37. The van der Waals surface area contributed by atoms with Gasteiger partial charge in [-0.05, 0) is 29.7 Å². The zero-order chi connectivity index (χ0) is 15.6. The van der Waals surface area contributed by atoms with E-state index in [4.69, 9.17) is 0 Å². The van der Waals surface area contributed by atoms with Crippen molar-refractivity contribution in [2.45, 2.75) is 33.1 Å². The van der Waals surface area contributed by atoms with E-state index in [1.165, 1.54) is 24.3 Å². The molecule has 0 radical (unpaired) electrons. The molecule has 0 unspecified atom stereocenters. The van der Waals surface area contributed by atoms with E-state index < -0.39 is 5.82 Å². The van der Waals surface area contributed by atoms with Gasteiger partial charge in [-0.3, -0.25) is 19.3 Å². The molecule has 1 aromatic carbocycles. The number of amides is 2. The summed E-state index contributed by atoms with van der Waals surface area (Å²) in [6.07, 6.45) is 0.677. The number of carbonyl (C=O) groups excluding carboxylic acids is 3. The normalized spacial score (nSPS) is 18.0. The summed E-state index contributed by atoms with van der Waals surface area (Å²) in [7, 11) is 0. The second kappa shape index (κ2) is 5.76. The second-order valence-corrected chi connectivity index (χ2v) is 6.14. The molecule has 0 N–H and O–H groups in total. The molecule has 0 aliphatic carbocycles. The number of ketones is 1. The van der Waals surface area contributed by atoms with E-state index in [2.05, 4.69) is 0 Å². The van der Waals surface area contributed by atoms with E-state index in [0.29, 0.717) is 18.4 Å². The van der Waals surface area contributed by atoms with Crippen molar-refractivity contribution in [2.75, 3.05) is 6.54 Å². The molecular weight excluding hydrogens is 273 g/mol. The number of rotatable bonds is 4. The SMILES string of the molecule is CC1(C)CC(=O)N(CCC(=O)c2ccc(F)cc2)C(=O)C1. The summed E-state index contributed by atoms with van der Waals surface area (Å²) in [6.45, 7) is 3.84. The summed E-state index contributed by atoms with van der Waals surface area (Å²) in [5.74, 6) is -1.08. The van der Waals surface area contributed by atoms with Crippen LogP contribution in [0.3, 0.4) is 0 Å². The Morgan fingerprint density at radius 2 is 1.67 bits per heavy atom. The first kappa shape index (κ1) is 15.4. The summed E-state index contributed by atoms with van der Waals surface area (Å²) < 4.78 is 12.8. The van der Waals surface area contributed by atoms with Crippen molar-refractivity contribution >= 4 is 17.6 Å². The molecule has 1 aromatic rings. The van der Waals surface area contributed by atoms with Gasteiger partial charge < -0.3 is 0 Å². The van der Waals surface area contributed by atoms with Crippen LogP contribution >= 0.6 is 0 Å². The minimum Gasteiger partial charge on any atom is -0.294 e. The summed E-state index contributed by atoms with van der Waals surface area (Å²) in [5.41, 5.74) is 0.0691. The number of Topliss-reactive ketones (excluding diaryl/α,β-unsaturated/α-hetero) is 1. The van der Waals surface area contributed by atoms with Gasteiger partial charge in [-0.15, -0.1) is 0 Å². The van der Waals surface area contributed by atoms with Gasteiger partial charge in [0.1, 0.15) is 5.82 Å². The highest BCUT2D eigenvalue weighted by atomic mass is 19.1. The molecule has 1 saturated heterocycles. The molecular formula is C16H18FNO3. The number of carbonyl (C=O) groups is 3. The number of benzene rings is 1. The lowest BCUT2D eigenvalue weighted by molar-refractivity contribution is -0.152. The van der Waals surface area contributed by atoms with Crippen molar-refractivity contribution in [1.29, 1.82) is 0 Å². The first-order valence-electron chi connectivity index (χ1n) is 6.90. The first-order chi connectivity index (χ1) is 9.78. The van der Waals surface area contributed by atoms with Crippen LogP contribution in [-0.2, 0) is 9.59 Å². The number of nitrogens with zero attached hydrogens (tertiary/aromatic N) is 1. The quantitative estimate of drug-likeness (QED) is 0.633. The van der Waals surface area contributed by atoms with Gasteiger partial charge in [0.2, 0.25) is 11.8 Å². The average Bonchev–Trinajstić information content (AvgIpc) is 2.36. The van der Waals surface area contributed by atoms with E-state index in [1.807, 2.05) is 13.8 Å². The maximum atomic E-state index is 12.8. The highest BCUT2D eigenvalue weighted by molar-refractivity contribution is 6.00. The minimum atomic E-state index is -0.407. The van der Waals surface area contributed by atoms with Crippen LogP contribution in [0.2, 0.25) is 0 Å². The smallest absolute Gasteiger partial charge is 0.229 e. The number of likely N-dealkylation sites (tertiary alicyclic amines) is 1. The fourth-order valence-corrected chi connectivity index (χ4v) is 2.45. The molecule has 1 heterocycles. The van der Waals surface area contributed by atoms with Gasteiger partial charge >= 0.3 is 0 Å². The third kappa shape index (κ3) is 3.74. The Bertz CT molecular complexity index is 558. The van der Waals surface area contributed by atoms with Crippen LogP contribution in [0.5, 0.6) is 0 Å². The monoisotopic (exact) mass is 291 g/mol. The maximum absolute atomic E-state index is 12.8. The summed E-state index contributed by atoms with van der Waals surface area (Å²) in [4.78, 5) is 37.0. The van der Waals surface area contributed by atoms with Crippen LogP contribution in [-0.4, -0.2) is 29.0 Å². The fourth-order valence-electron chi connectivity index (χ4n) is 2.45. The van der Waals surface area contributed by atoms with E-state index >= 15 is 0 Å². The van der Waals surface area contributed by atoms with E-state index in [1.54, 1.807) is 0 Å². The summed E-state index contributed by atoms with van der Waals surface area (Å²) in [5, 5.41) is 0. The number of hydrogen-bond acceptors (Lipinski definition) is 3. The van der Waals surface area contributed by atoms with Gasteiger partial charge in [-0.2, -0.15) is 0 Å². The molecule has 0 aromatic heterocycles. The van der Waals surface area contributed by atoms with Crippen molar-refractivity contribution in [3.05, 3.63) is 35.6 Å². The van der Waals surface area contributed by atoms with Gasteiger partial charge in [-0.1, -0.05) is 13.8 Å². The van der Waals surface area contributed by atoms with Gasteiger partial charge in [0.25, 0.3) is 0 Å². The van der Waals surface area contributed by atoms with Crippen LogP contribution in [0.15, 0.2) is 24.3 Å². The van der Waals surface area contributed by atoms with E-state index in [0.717, 1.165) is 4.90 Å². The standard InChI is InChI=1S/C16H18FNO3/c1-16(2)9-14(20)18(15(21)10-16)8-7-13(19)11-3-5-12(17)6-4-11/h3-6H,7-10H2,1-2H3. The molecule has 1 fully saturated rings. The van der Waals surface area contributed by atoms with Crippen molar-refractivity contribution in [3.8, 4) is 0 Å². The van der Waals surface area contributed by atoms with Gasteiger partial charge in [0.15, 0.2) is 5.78 Å². The van der Waals surface area contributed by atoms with Crippen LogP contribution in [0, 0.1) is 11.2 Å². The van der Waals surface area contributed by atoms with E-state index in [9.17, 15) is 18.8 Å². The Balaban J connectivity index is 1.96. The lowest BCUT2D eigenvalue weighted by Gasteiger charge is -2.34. The van der Waals surface area contributed by atoms with Gasteiger partial charge in [0, 0.05) is 31.4 Å². The largest absolute Gasteiger partial charge is 0.294 e. The number of imide groups is 1. The van der Waals surface area contributed by atoms with Crippen molar-refractivity contribution in [2.24, 2.45) is 5.41 Å². The second-order valence-electron chi connectivity index (χ2n) is 6.14. The zero-order valence-corrected chi connectivity index (χ0v) is 12.2. The Morgan fingerprint density at radius 1 is 1.14 bits per heavy atom. The fraction of sp³-hybridized carbons (Fsp3) is 0.438. The lowest BCUT2D eigenvalue weighted by atomic mass is 9.81. The molecule has 21 heavy (non-hydrogen) atoms. The Labute approximate surface area is 122 Å². The molecule has 2 amide bonds. The highest BCUT2D eigenvalue weighted by Crippen LogP contribution is 2.31. The molecule has 0 atom stereocenters. The molecule has 1 aliphatic rings. The molecule has 1 aliphatic heterocycles. The summed E-state index contributed by atoms with van der Waals surface area (Å²) in [6, 6.07) is 5.24. The van der Waals surface area contributed by atoms with Crippen molar-refractivity contribution in [1.82, 2.24) is 4.90 Å². The molecule has 2 rings (SSSR count). The molecule has 112 valence electrons. The molecule has 0 saturated carbocycles. The first-order valence-corrected chi connectivity index (χ1v) is 6.90. The molecule has 5 heteroatoms. The predicted octanol–water partition coefficient (Wildman–Crippen LogP) is 2.57. The van der Waals surface area contributed by atoms with Crippen molar-refractivity contribution < 1.29 is 18.8 Å². The van der Waals surface area contributed by atoms with Crippen LogP contribution < -0.4 is 0 Å². The predicted molar refractivity (Wildman–Crippen MR) is 75.1 cm³/mol. The Kier molecular flexibility index (Phi) is 4.21. The van der Waals surface area contributed by atoms with Crippen LogP contribution in [0.4, 0.5) is 4.39 Å². The Hall–Kier alpha value is -2.04. The van der Waals surface area contributed by atoms with Crippen molar-refractivity contribution in [3.63, 3.8) is 0 Å². The van der Waals surface area contributed by atoms with Crippen LogP contribution in [0.25, 0.3) is 0 Å². The number of halogens is 1. The van der Waals surface area contributed by atoms with E-state index in [-0.39, 0.29) is 36.0 Å². The van der Waals surface area contributed by atoms with Crippen LogP contribution in [0.1, 0.15) is 43.5 Å². The zero-order valence-electron chi connectivity index (χ0n) is 12.2. The summed E-state index contributed by atoms with van der Waals surface area (Å²) >= 11 is 0. The van der Waals surface area contributed by atoms with Gasteiger partial charge in [0.05, 0.1) is 0 Å². The molecule has 0 spiro atoms.